The van der Waals surface area contributed by atoms with Crippen LogP contribution in [0.25, 0.3) is 0 Å². The van der Waals surface area contributed by atoms with Crippen LogP contribution in [-0.4, -0.2) is 18.1 Å². The van der Waals surface area contributed by atoms with E-state index in [1.807, 2.05) is 20.8 Å². The van der Waals surface area contributed by atoms with Gasteiger partial charge in [-0.15, -0.1) is 0 Å². The van der Waals surface area contributed by atoms with Crippen LogP contribution in [0, 0.1) is 5.41 Å². The van der Waals surface area contributed by atoms with Crippen molar-refractivity contribution in [1.29, 1.82) is 0 Å². The minimum atomic E-state index is -0.396. The molecule has 3 nitrogen and oxygen atoms in total. The van der Waals surface area contributed by atoms with Crippen LogP contribution < -0.4 is 4.90 Å². The predicted molar refractivity (Wildman–Crippen MR) is 61.0 cm³/mol. The van der Waals surface area contributed by atoms with Crippen molar-refractivity contribution in [2.45, 2.75) is 20.8 Å². The van der Waals surface area contributed by atoms with E-state index >= 15 is 0 Å². The Morgan fingerprint density at radius 3 is 2.07 bits per heavy atom. The third kappa shape index (κ3) is 2.72. The summed E-state index contributed by atoms with van der Waals surface area (Å²) in [5.74, 6) is 0.253. The molecule has 0 aliphatic rings. The summed E-state index contributed by atoms with van der Waals surface area (Å²) in [6.07, 6.45) is 0. The Morgan fingerprint density at radius 2 is 1.67 bits per heavy atom. The van der Waals surface area contributed by atoms with E-state index in [0.29, 0.717) is 0 Å². The van der Waals surface area contributed by atoms with Gasteiger partial charge in [0.05, 0.1) is 0 Å². The number of anilines is 1. The maximum atomic E-state index is 11.9. The highest BCUT2D eigenvalue weighted by molar-refractivity contribution is 5.96. The molecule has 0 atom stereocenters. The molecule has 1 amide bonds. The fourth-order valence-corrected chi connectivity index (χ4v) is 1.30. The lowest BCUT2D eigenvalue weighted by Gasteiger charge is -2.25. The second-order valence-corrected chi connectivity index (χ2v) is 4.63. The zero-order valence-corrected chi connectivity index (χ0v) is 9.61. The van der Waals surface area contributed by atoms with E-state index in [9.17, 15) is 4.79 Å². The molecule has 0 bridgehead atoms. The van der Waals surface area contributed by atoms with Crippen LogP contribution in [0.1, 0.15) is 20.8 Å². The Morgan fingerprint density at radius 1 is 1.20 bits per heavy atom. The van der Waals surface area contributed by atoms with Crippen LogP contribution in [0.3, 0.4) is 0 Å². The molecule has 0 saturated carbocycles. The molecule has 1 aromatic carbocycles. The number of phenols is 1. The van der Waals surface area contributed by atoms with Crippen molar-refractivity contribution in [3.05, 3.63) is 24.3 Å². The highest BCUT2D eigenvalue weighted by Crippen LogP contribution is 2.23. The molecule has 0 aliphatic heterocycles. The van der Waals surface area contributed by atoms with Crippen molar-refractivity contribution in [1.82, 2.24) is 0 Å². The van der Waals surface area contributed by atoms with Gasteiger partial charge in [-0.3, -0.25) is 4.79 Å². The quantitative estimate of drug-likeness (QED) is 0.768. The van der Waals surface area contributed by atoms with Crippen LogP contribution in [0.4, 0.5) is 5.69 Å². The van der Waals surface area contributed by atoms with Crippen molar-refractivity contribution in [2.75, 3.05) is 11.9 Å². The molecule has 15 heavy (non-hydrogen) atoms. The lowest BCUT2D eigenvalue weighted by Crippen LogP contribution is -2.36. The van der Waals surface area contributed by atoms with Gasteiger partial charge in [0, 0.05) is 18.2 Å². The Balaban J connectivity index is 2.90. The summed E-state index contributed by atoms with van der Waals surface area (Å²) in [5, 5.41) is 9.13. The molecule has 0 aromatic heterocycles. The molecule has 0 spiro atoms. The van der Waals surface area contributed by atoms with Gasteiger partial charge in [-0.2, -0.15) is 0 Å². The van der Waals surface area contributed by atoms with Crippen molar-refractivity contribution in [2.24, 2.45) is 5.41 Å². The lowest BCUT2D eigenvalue weighted by molar-refractivity contribution is -0.125. The monoisotopic (exact) mass is 207 g/mol. The van der Waals surface area contributed by atoms with Crippen LogP contribution >= 0.6 is 0 Å². The van der Waals surface area contributed by atoms with E-state index in [1.165, 1.54) is 0 Å². The number of carbonyl (C=O) groups excluding carboxylic acids is 1. The molecule has 1 aromatic rings. The first kappa shape index (κ1) is 11.6. The summed E-state index contributed by atoms with van der Waals surface area (Å²) < 4.78 is 0. The maximum absolute atomic E-state index is 11.9. The summed E-state index contributed by atoms with van der Waals surface area (Å²) >= 11 is 0. The fourth-order valence-electron chi connectivity index (χ4n) is 1.30. The number of benzene rings is 1. The second kappa shape index (κ2) is 3.93. The van der Waals surface area contributed by atoms with E-state index in [4.69, 9.17) is 5.11 Å². The van der Waals surface area contributed by atoms with Crippen molar-refractivity contribution >= 4 is 11.6 Å². The summed E-state index contributed by atoms with van der Waals surface area (Å²) in [7, 11) is 1.74. The molecule has 0 fully saturated rings. The molecule has 0 saturated heterocycles. The number of carbonyl (C=O) groups is 1. The van der Waals surface area contributed by atoms with Crippen LogP contribution in [0.15, 0.2) is 24.3 Å². The number of nitrogens with zero attached hydrogens (tertiary/aromatic N) is 1. The van der Waals surface area contributed by atoms with Gasteiger partial charge in [0.25, 0.3) is 0 Å². The van der Waals surface area contributed by atoms with Gasteiger partial charge in [-0.25, -0.2) is 0 Å². The Kier molecular flexibility index (Phi) is 3.03. The Labute approximate surface area is 90.3 Å². The highest BCUT2D eigenvalue weighted by atomic mass is 16.3. The van der Waals surface area contributed by atoms with Gasteiger partial charge in [-0.05, 0) is 24.3 Å². The zero-order chi connectivity index (χ0) is 11.6. The van der Waals surface area contributed by atoms with E-state index < -0.39 is 5.41 Å². The van der Waals surface area contributed by atoms with Crippen LogP contribution in [0.5, 0.6) is 5.75 Å². The van der Waals surface area contributed by atoms with E-state index in [1.54, 1.807) is 36.2 Å². The molecule has 0 unspecified atom stereocenters. The van der Waals surface area contributed by atoms with Crippen molar-refractivity contribution in [3.63, 3.8) is 0 Å². The third-order valence-corrected chi connectivity index (χ3v) is 2.18. The van der Waals surface area contributed by atoms with E-state index in [-0.39, 0.29) is 11.7 Å². The summed E-state index contributed by atoms with van der Waals surface area (Å²) in [6.45, 7) is 5.64. The van der Waals surface area contributed by atoms with Gasteiger partial charge in [0.2, 0.25) is 5.91 Å². The normalized spacial score (nSPS) is 11.2. The average Bonchev–Trinajstić information content (AvgIpc) is 2.15. The standard InChI is InChI=1S/C12H17NO2/c1-12(2,3)11(15)13(4)9-5-7-10(14)8-6-9/h5-8,14H,1-4H3. The van der Waals surface area contributed by atoms with Gasteiger partial charge in [0.15, 0.2) is 0 Å². The van der Waals surface area contributed by atoms with Crippen molar-refractivity contribution < 1.29 is 9.90 Å². The number of rotatable bonds is 1. The number of hydrogen-bond donors (Lipinski definition) is 1. The molecule has 1 rings (SSSR count). The largest absolute Gasteiger partial charge is 0.508 e. The molecule has 1 N–H and O–H groups in total. The average molecular weight is 207 g/mol. The number of hydrogen-bond acceptors (Lipinski definition) is 2. The van der Waals surface area contributed by atoms with Gasteiger partial charge >= 0.3 is 0 Å². The highest BCUT2D eigenvalue weighted by Gasteiger charge is 2.25. The Bertz CT molecular complexity index is 349. The summed E-state index contributed by atoms with van der Waals surface area (Å²) in [5.41, 5.74) is 0.389. The molecule has 82 valence electrons. The molecule has 0 aliphatic carbocycles. The predicted octanol–water partition coefficient (Wildman–Crippen LogP) is 2.40. The first-order valence-corrected chi connectivity index (χ1v) is 4.89. The molecule has 0 radical (unpaired) electrons. The van der Waals surface area contributed by atoms with E-state index in [2.05, 4.69) is 0 Å². The van der Waals surface area contributed by atoms with Crippen molar-refractivity contribution in [3.8, 4) is 5.75 Å². The maximum Gasteiger partial charge on any atom is 0.232 e. The molecule has 0 heterocycles. The number of amides is 1. The minimum absolute atomic E-state index is 0.0492. The smallest absolute Gasteiger partial charge is 0.232 e. The second-order valence-electron chi connectivity index (χ2n) is 4.63. The lowest BCUT2D eigenvalue weighted by atomic mass is 9.95. The van der Waals surface area contributed by atoms with E-state index in [0.717, 1.165) is 5.69 Å². The molecular formula is C12H17NO2. The first-order valence-electron chi connectivity index (χ1n) is 4.89. The molecular weight excluding hydrogens is 190 g/mol. The summed E-state index contributed by atoms with van der Waals surface area (Å²) in [6, 6.07) is 6.58. The Hall–Kier alpha value is -1.51. The number of aromatic hydroxyl groups is 1. The zero-order valence-electron chi connectivity index (χ0n) is 9.61. The summed E-state index contributed by atoms with van der Waals surface area (Å²) in [4.78, 5) is 13.5. The minimum Gasteiger partial charge on any atom is -0.508 e. The van der Waals surface area contributed by atoms with Gasteiger partial charge in [-0.1, -0.05) is 20.8 Å². The van der Waals surface area contributed by atoms with Gasteiger partial charge < -0.3 is 10.0 Å². The third-order valence-electron chi connectivity index (χ3n) is 2.18. The van der Waals surface area contributed by atoms with Gasteiger partial charge in [0.1, 0.15) is 5.75 Å². The SMILES string of the molecule is CN(C(=O)C(C)(C)C)c1ccc(O)cc1. The molecule has 3 heteroatoms. The topological polar surface area (TPSA) is 40.5 Å². The van der Waals surface area contributed by atoms with Crippen LogP contribution in [0.2, 0.25) is 0 Å². The van der Waals surface area contributed by atoms with Crippen LogP contribution in [-0.2, 0) is 4.79 Å². The first-order chi connectivity index (χ1) is 6.82. The number of phenolic OH excluding ortho intramolecular Hbond substituents is 1. The fraction of sp³-hybridized carbons (Fsp3) is 0.417.